The number of aromatic nitrogens is 2. The Bertz CT molecular complexity index is 1040. The number of carbonyl (C=O) groups excluding carboxylic acids is 2. The number of benzene rings is 1. The van der Waals surface area contributed by atoms with E-state index in [1.807, 2.05) is 35.2 Å². The van der Waals surface area contributed by atoms with E-state index < -0.39 is 0 Å². The minimum atomic E-state index is -0.277. The number of ether oxygens (including phenoxy) is 1. The topological polar surface area (TPSA) is 87.3 Å². The summed E-state index contributed by atoms with van der Waals surface area (Å²) in [6.45, 7) is 2.49. The van der Waals surface area contributed by atoms with Crippen molar-refractivity contribution in [3.05, 3.63) is 66.1 Å². The fourth-order valence-corrected chi connectivity index (χ4v) is 4.60. The molecule has 2 amide bonds. The van der Waals surface area contributed by atoms with Gasteiger partial charge in [0.2, 0.25) is 0 Å². The number of nitrogens with zero attached hydrogens (tertiary/aromatic N) is 2. The lowest BCUT2D eigenvalue weighted by Gasteiger charge is -2.50. The first-order valence-electron chi connectivity index (χ1n) is 10.3. The molecule has 154 valence electrons. The molecule has 0 radical (unpaired) electrons. The lowest BCUT2D eigenvalue weighted by Crippen LogP contribution is -2.66. The first-order valence-corrected chi connectivity index (χ1v) is 10.3. The van der Waals surface area contributed by atoms with E-state index in [2.05, 4.69) is 15.3 Å². The average Bonchev–Trinajstić information content (AvgIpc) is 3.37. The van der Waals surface area contributed by atoms with Crippen LogP contribution in [0.3, 0.4) is 0 Å². The summed E-state index contributed by atoms with van der Waals surface area (Å²) in [5, 5.41) is 4.00. The highest BCUT2D eigenvalue weighted by molar-refractivity contribution is 5.98. The number of amides is 2. The normalized spacial score (nSPS) is 19.7. The molecule has 2 aliphatic heterocycles. The predicted molar refractivity (Wildman–Crippen MR) is 112 cm³/mol. The van der Waals surface area contributed by atoms with Gasteiger partial charge in [0.05, 0.1) is 18.7 Å². The van der Waals surface area contributed by atoms with Crippen LogP contribution in [0, 0.1) is 5.92 Å². The Morgan fingerprint density at radius 3 is 2.90 bits per heavy atom. The van der Waals surface area contributed by atoms with Crippen molar-refractivity contribution in [3.63, 3.8) is 0 Å². The maximum atomic E-state index is 12.9. The Kier molecular flexibility index (Phi) is 4.75. The molecule has 2 saturated heterocycles. The molecule has 2 aliphatic rings. The summed E-state index contributed by atoms with van der Waals surface area (Å²) in [5.41, 5.74) is 1.87. The number of carbonyl (C=O) groups is 2. The number of H-pyrrole nitrogens is 1. The molecular weight excluding hydrogens is 380 g/mol. The number of rotatable bonds is 5. The van der Waals surface area contributed by atoms with E-state index in [1.54, 1.807) is 24.5 Å². The van der Waals surface area contributed by atoms with Gasteiger partial charge in [-0.05, 0) is 43.0 Å². The highest BCUT2D eigenvalue weighted by atomic mass is 16.5. The van der Waals surface area contributed by atoms with Crippen molar-refractivity contribution in [2.45, 2.75) is 18.4 Å². The summed E-state index contributed by atoms with van der Waals surface area (Å²) in [6.07, 6.45) is 5.00. The van der Waals surface area contributed by atoms with Gasteiger partial charge >= 0.3 is 0 Å². The number of pyridine rings is 1. The summed E-state index contributed by atoms with van der Waals surface area (Å²) < 4.78 is 6.08. The number of nitrogens with one attached hydrogen (secondary N) is 2. The molecule has 1 atom stereocenters. The fraction of sp³-hybridized carbons (Fsp3) is 0.348. The Morgan fingerprint density at radius 2 is 2.10 bits per heavy atom. The zero-order valence-corrected chi connectivity index (χ0v) is 16.6. The standard InChI is InChI=1S/C23H24N4O3/c28-21(17-5-3-9-24-13-17)25-10-7-18-8-11-30-23(18)14-27(15-23)22(29)20-12-16-4-1-2-6-19(16)26-20/h1-6,9,12-13,18,26H,7-8,10-11,14-15H2,(H,25,28). The van der Waals surface area contributed by atoms with Gasteiger partial charge in [0, 0.05) is 36.4 Å². The van der Waals surface area contributed by atoms with Gasteiger partial charge in [-0.25, -0.2) is 0 Å². The molecule has 2 fully saturated rings. The number of hydrogen-bond acceptors (Lipinski definition) is 4. The van der Waals surface area contributed by atoms with Crippen LogP contribution < -0.4 is 5.32 Å². The zero-order valence-electron chi connectivity index (χ0n) is 16.6. The molecule has 7 nitrogen and oxygen atoms in total. The van der Waals surface area contributed by atoms with E-state index in [9.17, 15) is 9.59 Å². The largest absolute Gasteiger partial charge is 0.371 e. The fourth-order valence-electron chi connectivity index (χ4n) is 4.60. The lowest BCUT2D eigenvalue weighted by atomic mass is 9.78. The Morgan fingerprint density at radius 1 is 1.23 bits per heavy atom. The third-order valence-electron chi connectivity index (χ3n) is 6.27. The van der Waals surface area contributed by atoms with Gasteiger partial charge in [0.25, 0.3) is 11.8 Å². The van der Waals surface area contributed by atoms with E-state index in [0.29, 0.717) is 43.4 Å². The predicted octanol–water partition coefficient (Wildman–Crippen LogP) is 2.61. The molecule has 1 aromatic carbocycles. The molecule has 30 heavy (non-hydrogen) atoms. The molecule has 2 N–H and O–H groups in total. The minimum absolute atomic E-state index is 0.0101. The molecular formula is C23H24N4O3. The van der Waals surface area contributed by atoms with Crippen molar-refractivity contribution >= 4 is 22.7 Å². The number of hydrogen-bond donors (Lipinski definition) is 2. The quantitative estimate of drug-likeness (QED) is 0.684. The van der Waals surface area contributed by atoms with Gasteiger partial charge in [0.15, 0.2) is 0 Å². The first kappa shape index (κ1) is 18.8. The third-order valence-corrected chi connectivity index (χ3v) is 6.27. The summed E-state index contributed by atoms with van der Waals surface area (Å²) in [4.78, 5) is 34.1. The van der Waals surface area contributed by atoms with Crippen molar-refractivity contribution in [1.82, 2.24) is 20.2 Å². The van der Waals surface area contributed by atoms with Crippen molar-refractivity contribution in [1.29, 1.82) is 0 Å². The monoisotopic (exact) mass is 404 g/mol. The van der Waals surface area contributed by atoms with Crippen LogP contribution >= 0.6 is 0 Å². The molecule has 5 rings (SSSR count). The number of para-hydroxylation sites is 1. The van der Waals surface area contributed by atoms with E-state index in [-0.39, 0.29) is 17.4 Å². The maximum Gasteiger partial charge on any atom is 0.270 e. The van der Waals surface area contributed by atoms with Gasteiger partial charge in [-0.2, -0.15) is 0 Å². The van der Waals surface area contributed by atoms with E-state index in [4.69, 9.17) is 4.74 Å². The smallest absolute Gasteiger partial charge is 0.270 e. The molecule has 4 heterocycles. The van der Waals surface area contributed by atoms with Crippen LogP contribution in [0.4, 0.5) is 0 Å². The van der Waals surface area contributed by atoms with Crippen LogP contribution in [0.5, 0.6) is 0 Å². The first-order chi connectivity index (χ1) is 14.6. The molecule has 7 heteroatoms. The van der Waals surface area contributed by atoms with Crippen LogP contribution in [-0.4, -0.2) is 58.5 Å². The molecule has 2 aromatic heterocycles. The Balaban J connectivity index is 1.17. The molecule has 0 aliphatic carbocycles. The van der Waals surface area contributed by atoms with Crippen LogP contribution in [0.1, 0.15) is 33.7 Å². The molecule has 1 unspecified atom stereocenters. The summed E-state index contributed by atoms with van der Waals surface area (Å²) in [5.74, 6) is 0.231. The lowest BCUT2D eigenvalue weighted by molar-refractivity contribution is -0.118. The molecule has 0 bridgehead atoms. The van der Waals surface area contributed by atoms with Crippen molar-refractivity contribution < 1.29 is 14.3 Å². The van der Waals surface area contributed by atoms with Crippen LogP contribution in [0.25, 0.3) is 10.9 Å². The van der Waals surface area contributed by atoms with E-state index >= 15 is 0 Å². The summed E-state index contributed by atoms with van der Waals surface area (Å²) >= 11 is 0. The summed E-state index contributed by atoms with van der Waals surface area (Å²) in [7, 11) is 0. The van der Waals surface area contributed by atoms with Crippen molar-refractivity contribution in [3.8, 4) is 0 Å². The van der Waals surface area contributed by atoms with Gasteiger partial charge < -0.3 is 19.9 Å². The Labute approximate surface area is 174 Å². The van der Waals surface area contributed by atoms with Gasteiger partial charge in [0.1, 0.15) is 11.3 Å². The SMILES string of the molecule is O=C(NCCC1CCOC12CN(C(=O)c1cc3ccccc3[nH]1)C2)c1cccnc1. The highest BCUT2D eigenvalue weighted by Gasteiger charge is 2.54. The second-order valence-electron chi connectivity index (χ2n) is 8.12. The number of likely N-dealkylation sites (tertiary alicyclic amines) is 1. The van der Waals surface area contributed by atoms with E-state index in [0.717, 1.165) is 23.7 Å². The summed E-state index contributed by atoms with van der Waals surface area (Å²) in [6, 6.07) is 13.3. The van der Waals surface area contributed by atoms with Crippen LogP contribution in [0.15, 0.2) is 54.9 Å². The zero-order chi connectivity index (χ0) is 20.6. The van der Waals surface area contributed by atoms with Crippen LogP contribution in [-0.2, 0) is 4.74 Å². The van der Waals surface area contributed by atoms with E-state index in [1.165, 1.54) is 0 Å². The average molecular weight is 404 g/mol. The number of fused-ring (bicyclic) bond motifs is 1. The highest BCUT2D eigenvalue weighted by Crippen LogP contribution is 2.42. The van der Waals surface area contributed by atoms with Crippen LogP contribution in [0.2, 0.25) is 0 Å². The van der Waals surface area contributed by atoms with Crippen molar-refractivity contribution in [2.75, 3.05) is 26.2 Å². The second kappa shape index (κ2) is 7.57. The number of aromatic amines is 1. The van der Waals surface area contributed by atoms with Gasteiger partial charge in [-0.1, -0.05) is 18.2 Å². The molecule has 0 saturated carbocycles. The van der Waals surface area contributed by atoms with Crippen molar-refractivity contribution in [2.24, 2.45) is 5.92 Å². The second-order valence-corrected chi connectivity index (χ2v) is 8.12. The van der Waals surface area contributed by atoms with Gasteiger partial charge in [-0.3, -0.25) is 14.6 Å². The molecule has 3 aromatic rings. The maximum absolute atomic E-state index is 12.9. The van der Waals surface area contributed by atoms with Gasteiger partial charge in [-0.15, -0.1) is 0 Å². The molecule has 1 spiro atoms. The minimum Gasteiger partial charge on any atom is -0.371 e. The Hall–Kier alpha value is -3.19. The third kappa shape index (κ3) is 3.35.